The Morgan fingerprint density at radius 1 is 1.27 bits per heavy atom. The number of likely N-dealkylation sites (tertiary alicyclic amines) is 1. The number of carbonyl (C=O) groups is 2. The van der Waals surface area contributed by atoms with Crippen molar-refractivity contribution in [3.05, 3.63) is 42.2 Å². The first-order valence-electron chi connectivity index (χ1n) is 9.37. The summed E-state index contributed by atoms with van der Waals surface area (Å²) in [4.78, 5) is 28.0. The molecular formula is C20H28N4O2. The van der Waals surface area contributed by atoms with Gasteiger partial charge in [-0.2, -0.15) is 0 Å². The highest BCUT2D eigenvalue weighted by Crippen LogP contribution is 2.24. The zero-order chi connectivity index (χ0) is 18.5. The highest BCUT2D eigenvalue weighted by Gasteiger charge is 2.29. The molecule has 0 aromatic heterocycles. The molecule has 0 radical (unpaired) electrons. The maximum Gasteiger partial charge on any atom is 0.322 e. The van der Waals surface area contributed by atoms with Gasteiger partial charge in [-0.05, 0) is 44.2 Å². The summed E-state index contributed by atoms with van der Waals surface area (Å²) in [6.45, 7) is 8.37. The fourth-order valence-corrected chi connectivity index (χ4v) is 3.72. The number of benzene rings is 1. The van der Waals surface area contributed by atoms with E-state index in [4.69, 9.17) is 0 Å². The fourth-order valence-electron chi connectivity index (χ4n) is 3.72. The summed E-state index contributed by atoms with van der Waals surface area (Å²) in [6, 6.07) is 8.30. The lowest BCUT2D eigenvalue weighted by molar-refractivity contribution is -0.116. The number of hydrogen-bond acceptors (Lipinski definition) is 4. The van der Waals surface area contributed by atoms with E-state index in [1.54, 1.807) is 6.92 Å². The summed E-state index contributed by atoms with van der Waals surface area (Å²) < 4.78 is 0. The Hall–Kier alpha value is -2.50. The van der Waals surface area contributed by atoms with E-state index in [-0.39, 0.29) is 17.9 Å². The number of hydrogen-bond donors (Lipinski definition) is 2. The molecule has 2 N–H and O–H groups in total. The van der Waals surface area contributed by atoms with Crippen LogP contribution < -0.4 is 10.6 Å². The van der Waals surface area contributed by atoms with Gasteiger partial charge in [-0.3, -0.25) is 4.79 Å². The standard InChI is InChI=1S/C20H28N4O2/c1-15(25)14-21-16(2)23-12-9-18(10-13-23)24-11-5-7-17-6-3-4-8-19(17)22-20(24)26/h3-4,6,8,18,21H,2,5,7,9-14H2,1H3,(H,22,26). The number of nitrogens with zero attached hydrogens (tertiary/aromatic N) is 2. The smallest absolute Gasteiger partial charge is 0.322 e. The SMILES string of the molecule is C=C(NCC(C)=O)N1CCC(N2CCCc3ccccc3NC2=O)CC1. The first kappa shape index (κ1) is 18.3. The molecule has 6 nitrogen and oxygen atoms in total. The molecule has 2 amide bonds. The summed E-state index contributed by atoms with van der Waals surface area (Å²) in [7, 11) is 0. The van der Waals surface area contributed by atoms with E-state index in [2.05, 4.69) is 28.2 Å². The van der Waals surface area contributed by atoms with Gasteiger partial charge < -0.3 is 20.4 Å². The van der Waals surface area contributed by atoms with Crippen LogP contribution in [-0.2, 0) is 11.2 Å². The third-order valence-corrected chi connectivity index (χ3v) is 5.19. The predicted molar refractivity (Wildman–Crippen MR) is 103 cm³/mol. The quantitative estimate of drug-likeness (QED) is 0.851. The molecule has 1 aromatic carbocycles. The summed E-state index contributed by atoms with van der Waals surface area (Å²) >= 11 is 0. The Morgan fingerprint density at radius 3 is 2.73 bits per heavy atom. The third kappa shape index (κ3) is 4.36. The molecule has 1 saturated heterocycles. The molecule has 0 atom stereocenters. The average Bonchev–Trinajstić information content (AvgIpc) is 2.63. The van der Waals surface area contributed by atoms with Gasteiger partial charge in [0.25, 0.3) is 0 Å². The van der Waals surface area contributed by atoms with Crippen molar-refractivity contribution < 1.29 is 9.59 Å². The van der Waals surface area contributed by atoms with E-state index in [1.807, 2.05) is 23.1 Å². The molecule has 1 aromatic rings. The van der Waals surface area contributed by atoms with Crippen LogP contribution in [0.3, 0.4) is 0 Å². The van der Waals surface area contributed by atoms with Gasteiger partial charge in [0.15, 0.2) is 0 Å². The molecule has 2 aliphatic heterocycles. The second-order valence-corrected chi connectivity index (χ2v) is 7.10. The second kappa shape index (κ2) is 8.25. The lowest BCUT2D eigenvalue weighted by Crippen LogP contribution is -2.50. The molecule has 1 fully saturated rings. The van der Waals surface area contributed by atoms with Crippen LogP contribution in [0.4, 0.5) is 10.5 Å². The van der Waals surface area contributed by atoms with Crippen LogP contribution in [0.25, 0.3) is 0 Å². The van der Waals surface area contributed by atoms with Gasteiger partial charge in [0, 0.05) is 31.4 Å². The first-order valence-corrected chi connectivity index (χ1v) is 9.37. The van der Waals surface area contributed by atoms with Gasteiger partial charge in [0.05, 0.1) is 12.4 Å². The van der Waals surface area contributed by atoms with Crippen LogP contribution in [0.15, 0.2) is 36.7 Å². The summed E-state index contributed by atoms with van der Waals surface area (Å²) in [6.07, 6.45) is 3.79. The summed E-state index contributed by atoms with van der Waals surface area (Å²) in [5, 5.41) is 6.16. The lowest BCUT2D eigenvalue weighted by Gasteiger charge is -2.40. The molecule has 2 heterocycles. The number of urea groups is 1. The zero-order valence-corrected chi connectivity index (χ0v) is 15.5. The number of carbonyl (C=O) groups excluding carboxylic acids is 2. The minimum absolute atomic E-state index is 0.00383. The number of fused-ring (bicyclic) bond motifs is 1. The summed E-state index contributed by atoms with van der Waals surface area (Å²) in [5.74, 6) is 0.892. The molecule has 2 aliphatic rings. The van der Waals surface area contributed by atoms with Crippen LogP contribution >= 0.6 is 0 Å². The topological polar surface area (TPSA) is 64.7 Å². The average molecular weight is 356 g/mol. The zero-order valence-electron chi connectivity index (χ0n) is 15.5. The molecule has 26 heavy (non-hydrogen) atoms. The van der Waals surface area contributed by atoms with Gasteiger partial charge in [0.2, 0.25) is 0 Å². The van der Waals surface area contributed by atoms with Crippen molar-refractivity contribution in [2.45, 2.75) is 38.6 Å². The summed E-state index contributed by atoms with van der Waals surface area (Å²) in [5.41, 5.74) is 2.14. The number of para-hydroxylation sites is 1. The largest absolute Gasteiger partial charge is 0.365 e. The molecule has 0 aliphatic carbocycles. The molecule has 0 unspecified atom stereocenters. The Morgan fingerprint density at radius 2 is 2.00 bits per heavy atom. The third-order valence-electron chi connectivity index (χ3n) is 5.19. The van der Waals surface area contributed by atoms with Crippen molar-refractivity contribution in [3.8, 4) is 0 Å². The molecule has 0 spiro atoms. The Bertz CT molecular complexity index is 680. The van der Waals surface area contributed by atoms with Gasteiger partial charge >= 0.3 is 6.03 Å². The number of rotatable bonds is 5. The van der Waals surface area contributed by atoms with E-state index in [0.717, 1.165) is 56.8 Å². The van der Waals surface area contributed by atoms with E-state index >= 15 is 0 Å². The van der Waals surface area contributed by atoms with Crippen molar-refractivity contribution in [2.75, 3.05) is 31.5 Å². The second-order valence-electron chi connectivity index (χ2n) is 7.10. The van der Waals surface area contributed by atoms with E-state index in [0.29, 0.717) is 6.54 Å². The van der Waals surface area contributed by atoms with Crippen LogP contribution in [0.5, 0.6) is 0 Å². The van der Waals surface area contributed by atoms with E-state index in [1.165, 1.54) is 5.56 Å². The minimum atomic E-state index is 0.00383. The number of anilines is 1. The van der Waals surface area contributed by atoms with E-state index in [9.17, 15) is 9.59 Å². The number of piperidine rings is 1. The van der Waals surface area contributed by atoms with Crippen molar-refractivity contribution >= 4 is 17.5 Å². The molecule has 6 heteroatoms. The Balaban J connectivity index is 1.56. The number of ketones is 1. The van der Waals surface area contributed by atoms with Gasteiger partial charge in [0.1, 0.15) is 5.78 Å². The van der Waals surface area contributed by atoms with Crippen molar-refractivity contribution in [1.29, 1.82) is 0 Å². The Kier molecular flexibility index (Phi) is 5.81. The fraction of sp³-hybridized carbons (Fsp3) is 0.500. The molecule has 0 bridgehead atoms. The molecule has 140 valence electrons. The van der Waals surface area contributed by atoms with Crippen LogP contribution in [0, 0.1) is 0 Å². The maximum absolute atomic E-state index is 12.8. The van der Waals surface area contributed by atoms with Crippen molar-refractivity contribution in [3.63, 3.8) is 0 Å². The highest BCUT2D eigenvalue weighted by molar-refractivity contribution is 5.90. The molecule has 0 saturated carbocycles. The van der Waals surface area contributed by atoms with Gasteiger partial charge in [-0.25, -0.2) is 4.79 Å². The van der Waals surface area contributed by atoms with Crippen molar-refractivity contribution in [1.82, 2.24) is 15.1 Å². The highest BCUT2D eigenvalue weighted by atomic mass is 16.2. The number of amides is 2. The van der Waals surface area contributed by atoms with Crippen molar-refractivity contribution in [2.24, 2.45) is 0 Å². The number of nitrogens with one attached hydrogen (secondary N) is 2. The number of aryl methyl sites for hydroxylation is 1. The van der Waals surface area contributed by atoms with E-state index < -0.39 is 0 Å². The predicted octanol–water partition coefficient (Wildman–Crippen LogP) is 2.58. The normalized spacial score (nSPS) is 18.4. The van der Waals surface area contributed by atoms with Crippen LogP contribution in [-0.4, -0.2) is 53.8 Å². The minimum Gasteiger partial charge on any atom is -0.365 e. The van der Waals surface area contributed by atoms with Crippen LogP contribution in [0.2, 0.25) is 0 Å². The monoisotopic (exact) mass is 356 g/mol. The first-order chi connectivity index (χ1) is 12.5. The van der Waals surface area contributed by atoms with Gasteiger partial charge in [-0.15, -0.1) is 0 Å². The van der Waals surface area contributed by atoms with Crippen LogP contribution in [0.1, 0.15) is 31.7 Å². The maximum atomic E-state index is 12.8. The molecule has 3 rings (SSSR count). The lowest BCUT2D eigenvalue weighted by atomic mass is 10.0. The van der Waals surface area contributed by atoms with Gasteiger partial charge in [-0.1, -0.05) is 24.8 Å². The number of Topliss-reactive ketones (excluding diaryl/α,β-unsaturated/α-hetero) is 1. The molecular weight excluding hydrogens is 328 g/mol. The Labute approximate surface area is 155 Å².